The van der Waals surface area contributed by atoms with Crippen LogP contribution in [0.1, 0.15) is 24.1 Å². The molecule has 0 aromatic carbocycles. The van der Waals surface area contributed by atoms with Crippen molar-refractivity contribution in [3.8, 4) is 0 Å². The Morgan fingerprint density at radius 1 is 1.48 bits per heavy atom. The van der Waals surface area contributed by atoms with Gasteiger partial charge in [0.05, 0.1) is 16.4 Å². The van der Waals surface area contributed by atoms with Gasteiger partial charge < -0.3 is 4.90 Å². The fourth-order valence-electron chi connectivity index (χ4n) is 3.04. The van der Waals surface area contributed by atoms with Crippen molar-refractivity contribution >= 4 is 67.4 Å². The Kier molecular flexibility index (Phi) is 6.39. The molecule has 2 aliphatic heterocycles. The van der Waals surface area contributed by atoms with Gasteiger partial charge in [0.1, 0.15) is 4.32 Å². The quantitative estimate of drug-likeness (QED) is 0.495. The topological polar surface area (TPSA) is 74.8 Å². The first-order valence-corrected chi connectivity index (χ1v) is 12.4. The number of thiophene rings is 1. The third-order valence-electron chi connectivity index (χ3n) is 4.61. The molecule has 0 bridgehead atoms. The number of thioether (sulfide) groups is 1. The van der Waals surface area contributed by atoms with Crippen molar-refractivity contribution in [2.45, 2.75) is 25.3 Å². The van der Waals surface area contributed by atoms with Crippen LogP contribution in [0.4, 0.5) is 0 Å². The minimum atomic E-state index is -3.02. The largest absolute Gasteiger partial charge is 0.342 e. The molecule has 2 aliphatic rings. The molecular formula is C17H20N2O4S4. The van der Waals surface area contributed by atoms with Gasteiger partial charge in [-0.15, -0.1) is 11.3 Å². The first-order chi connectivity index (χ1) is 12.8. The monoisotopic (exact) mass is 444 g/mol. The molecule has 1 aromatic heterocycles. The molecule has 1 unspecified atom stereocenters. The molecule has 2 fully saturated rings. The minimum absolute atomic E-state index is 0.0391. The molecule has 1 atom stereocenters. The lowest BCUT2D eigenvalue weighted by Crippen LogP contribution is -2.38. The van der Waals surface area contributed by atoms with Crippen LogP contribution < -0.4 is 0 Å². The van der Waals surface area contributed by atoms with E-state index in [1.165, 1.54) is 21.6 Å². The van der Waals surface area contributed by atoms with E-state index in [-0.39, 0.29) is 35.8 Å². The number of nitrogens with zero attached hydrogens (tertiary/aromatic N) is 2. The Balaban J connectivity index is 1.50. The van der Waals surface area contributed by atoms with E-state index >= 15 is 0 Å². The van der Waals surface area contributed by atoms with Crippen LogP contribution in [0.3, 0.4) is 0 Å². The first kappa shape index (κ1) is 20.5. The lowest BCUT2D eigenvalue weighted by atomic mass is 10.2. The van der Waals surface area contributed by atoms with Crippen LogP contribution in [0, 0.1) is 0 Å². The van der Waals surface area contributed by atoms with Crippen LogP contribution in [0.2, 0.25) is 0 Å². The molecule has 3 rings (SSSR count). The molecule has 6 nitrogen and oxygen atoms in total. The highest BCUT2D eigenvalue weighted by Crippen LogP contribution is 2.33. The van der Waals surface area contributed by atoms with Gasteiger partial charge in [-0.1, -0.05) is 30.0 Å². The molecular weight excluding hydrogens is 424 g/mol. The second kappa shape index (κ2) is 8.42. The van der Waals surface area contributed by atoms with Crippen molar-refractivity contribution in [3.63, 3.8) is 0 Å². The lowest BCUT2D eigenvalue weighted by Gasteiger charge is -2.24. The van der Waals surface area contributed by atoms with Crippen molar-refractivity contribution < 1.29 is 18.0 Å². The van der Waals surface area contributed by atoms with Gasteiger partial charge in [-0.2, -0.15) is 0 Å². The van der Waals surface area contributed by atoms with Crippen LogP contribution in [0.25, 0.3) is 6.08 Å². The maximum Gasteiger partial charge on any atom is 0.266 e. The van der Waals surface area contributed by atoms with Gasteiger partial charge in [-0.3, -0.25) is 14.5 Å². The second-order valence-corrected chi connectivity index (χ2v) is 11.4. The van der Waals surface area contributed by atoms with Gasteiger partial charge in [-0.05, 0) is 30.4 Å². The summed E-state index contributed by atoms with van der Waals surface area (Å²) in [5.41, 5.74) is 0. The molecule has 10 heteroatoms. The zero-order chi connectivity index (χ0) is 19.6. The second-order valence-electron chi connectivity index (χ2n) is 6.51. The normalized spacial score (nSPS) is 23.4. The van der Waals surface area contributed by atoms with E-state index in [2.05, 4.69) is 0 Å². The molecule has 2 amide bonds. The Labute approximate surface area is 172 Å². The summed E-state index contributed by atoms with van der Waals surface area (Å²) >= 11 is 8.14. The molecule has 0 saturated carbocycles. The van der Waals surface area contributed by atoms with Crippen LogP contribution in [-0.2, 0) is 19.4 Å². The molecule has 27 heavy (non-hydrogen) atoms. The molecule has 1 aromatic rings. The number of rotatable bonds is 6. The summed E-state index contributed by atoms with van der Waals surface area (Å²) in [6, 6.07) is 3.62. The van der Waals surface area contributed by atoms with E-state index in [4.69, 9.17) is 12.2 Å². The third-order valence-corrected chi connectivity index (χ3v) is 8.56. The predicted molar refractivity (Wildman–Crippen MR) is 113 cm³/mol. The highest BCUT2D eigenvalue weighted by atomic mass is 32.2. The summed E-state index contributed by atoms with van der Waals surface area (Å²) in [6.07, 6.45) is 3.08. The average Bonchev–Trinajstić information content (AvgIpc) is 3.30. The summed E-state index contributed by atoms with van der Waals surface area (Å²) in [4.78, 5) is 29.5. The van der Waals surface area contributed by atoms with E-state index in [1.54, 1.807) is 18.4 Å². The van der Waals surface area contributed by atoms with Crippen LogP contribution >= 0.6 is 35.3 Å². The zero-order valence-electron chi connectivity index (χ0n) is 14.8. The fourth-order valence-corrected chi connectivity index (χ4v) is 6.85. The van der Waals surface area contributed by atoms with Gasteiger partial charge in [0, 0.05) is 30.9 Å². The van der Waals surface area contributed by atoms with Crippen molar-refractivity contribution in [1.82, 2.24) is 9.80 Å². The van der Waals surface area contributed by atoms with Crippen molar-refractivity contribution in [2.24, 2.45) is 0 Å². The van der Waals surface area contributed by atoms with E-state index in [1.807, 2.05) is 23.6 Å². The predicted octanol–water partition coefficient (Wildman–Crippen LogP) is 2.38. The van der Waals surface area contributed by atoms with E-state index in [0.717, 1.165) is 4.88 Å². The standard InChI is InChI=1S/C17H20N2O4S4/c1-18(12-6-9-27(22,23)11-12)15(20)5-2-7-19-16(21)14(26-17(19)24)10-13-4-3-8-25-13/h3-4,8,10,12H,2,5-7,9,11H2,1H3/b14-10-. The summed E-state index contributed by atoms with van der Waals surface area (Å²) < 4.78 is 23.6. The fraction of sp³-hybridized carbons (Fsp3) is 0.471. The van der Waals surface area contributed by atoms with Gasteiger partial charge in [-0.25, -0.2) is 8.42 Å². The molecule has 0 radical (unpaired) electrons. The summed E-state index contributed by atoms with van der Waals surface area (Å²) in [5.74, 6) is -0.0439. The van der Waals surface area contributed by atoms with Crippen LogP contribution in [0.15, 0.2) is 22.4 Å². The molecule has 3 heterocycles. The van der Waals surface area contributed by atoms with Crippen molar-refractivity contribution in [3.05, 3.63) is 27.3 Å². The maximum atomic E-state index is 12.5. The molecule has 0 N–H and O–H groups in total. The summed E-state index contributed by atoms with van der Waals surface area (Å²) in [6.45, 7) is 0.384. The Morgan fingerprint density at radius 2 is 2.26 bits per heavy atom. The summed E-state index contributed by atoms with van der Waals surface area (Å²) in [7, 11) is -1.37. The van der Waals surface area contributed by atoms with Crippen molar-refractivity contribution in [2.75, 3.05) is 25.1 Å². The van der Waals surface area contributed by atoms with Gasteiger partial charge in [0.25, 0.3) is 5.91 Å². The first-order valence-electron chi connectivity index (χ1n) is 8.52. The smallest absolute Gasteiger partial charge is 0.266 e. The maximum absolute atomic E-state index is 12.5. The highest BCUT2D eigenvalue weighted by Gasteiger charge is 2.34. The number of amides is 2. The van der Waals surface area contributed by atoms with Gasteiger partial charge in [0.15, 0.2) is 9.84 Å². The number of sulfone groups is 1. The van der Waals surface area contributed by atoms with E-state index in [0.29, 0.717) is 28.6 Å². The number of carbonyl (C=O) groups is 2. The number of hydrogen-bond acceptors (Lipinski definition) is 7. The van der Waals surface area contributed by atoms with E-state index in [9.17, 15) is 18.0 Å². The highest BCUT2D eigenvalue weighted by molar-refractivity contribution is 8.26. The summed E-state index contributed by atoms with van der Waals surface area (Å²) in [5, 5.41) is 1.95. The van der Waals surface area contributed by atoms with E-state index < -0.39 is 9.84 Å². The van der Waals surface area contributed by atoms with Crippen LogP contribution in [-0.4, -0.2) is 65.5 Å². The Morgan fingerprint density at radius 3 is 2.89 bits per heavy atom. The Bertz CT molecular complexity index is 877. The number of hydrogen-bond donors (Lipinski definition) is 0. The average molecular weight is 445 g/mol. The third kappa shape index (κ3) is 4.98. The Hall–Kier alpha value is -1.23. The van der Waals surface area contributed by atoms with Crippen LogP contribution in [0.5, 0.6) is 0 Å². The molecule has 0 aliphatic carbocycles. The number of carbonyl (C=O) groups excluding carboxylic acids is 2. The zero-order valence-corrected chi connectivity index (χ0v) is 18.1. The van der Waals surface area contributed by atoms with Gasteiger partial charge >= 0.3 is 0 Å². The lowest BCUT2D eigenvalue weighted by molar-refractivity contribution is -0.132. The van der Waals surface area contributed by atoms with Crippen molar-refractivity contribution in [1.29, 1.82) is 0 Å². The SMILES string of the molecule is CN(C(=O)CCCN1C(=O)/C(=C/c2cccs2)SC1=S)C1CCS(=O)(=O)C1. The number of thiocarbonyl (C=S) groups is 1. The minimum Gasteiger partial charge on any atom is -0.342 e. The molecule has 2 saturated heterocycles. The van der Waals surface area contributed by atoms with Gasteiger partial charge in [0.2, 0.25) is 5.91 Å². The molecule has 146 valence electrons. The molecule has 0 spiro atoms.